The van der Waals surface area contributed by atoms with Crippen molar-refractivity contribution in [3.8, 4) is 5.69 Å². The van der Waals surface area contributed by atoms with Crippen LogP contribution < -0.4 is 5.43 Å². The standard InChI is InChI=1S/C20H21N3O5/c1-13-7-3-4-8-15(13)12-28-20(25)19-18(24)11-14(2)22(21-19)16-9-5-6-10-17(16)23(26)27/h3-6,9-11,13,15H,7-8,12H2,1-2H3. The van der Waals surface area contributed by atoms with Crippen LogP contribution in [0.25, 0.3) is 5.69 Å². The number of rotatable bonds is 5. The Hall–Kier alpha value is -3.29. The number of hydrogen-bond donors (Lipinski definition) is 0. The van der Waals surface area contributed by atoms with Crippen LogP contribution in [0.4, 0.5) is 5.69 Å². The zero-order valence-electron chi connectivity index (χ0n) is 15.7. The van der Waals surface area contributed by atoms with Gasteiger partial charge in [-0.05, 0) is 37.7 Å². The maximum absolute atomic E-state index is 12.5. The molecule has 0 saturated heterocycles. The van der Waals surface area contributed by atoms with Crippen molar-refractivity contribution >= 4 is 11.7 Å². The summed E-state index contributed by atoms with van der Waals surface area (Å²) in [7, 11) is 0. The van der Waals surface area contributed by atoms with E-state index < -0.39 is 16.3 Å². The zero-order chi connectivity index (χ0) is 20.3. The van der Waals surface area contributed by atoms with E-state index >= 15 is 0 Å². The van der Waals surface area contributed by atoms with Gasteiger partial charge in [0.2, 0.25) is 11.1 Å². The predicted molar refractivity (Wildman–Crippen MR) is 103 cm³/mol. The Morgan fingerprint density at radius 2 is 2.04 bits per heavy atom. The zero-order valence-corrected chi connectivity index (χ0v) is 15.7. The molecule has 8 heteroatoms. The number of nitro benzene ring substituents is 1. The first-order valence-electron chi connectivity index (χ1n) is 9.05. The van der Waals surface area contributed by atoms with E-state index in [0.29, 0.717) is 11.6 Å². The number of aromatic nitrogens is 2. The summed E-state index contributed by atoms with van der Waals surface area (Å²) in [6, 6.07) is 7.23. The van der Waals surface area contributed by atoms with Crippen LogP contribution in [0.15, 0.2) is 47.3 Å². The maximum atomic E-state index is 12.5. The number of nitrogens with zero attached hydrogens (tertiary/aromatic N) is 3. The first kappa shape index (κ1) is 19.5. The summed E-state index contributed by atoms with van der Waals surface area (Å²) in [5.74, 6) is -0.247. The Labute approximate surface area is 161 Å². The van der Waals surface area contributed by atoms with Gasteiger partial charge in [-0.1, -0.05) is 31.2 Å². The number of esters is 1. The summed E-state index contributed by atoms with van der Waals surface area (Å²) in [6.07, 6.45) is 5.91. The number of para-hydroxylation sites is 2. The van der Waals surface area contributed by atoms with Crippen molar-refractivity contribution in [2.75, 3.05) is 6.61 Å². The van der Waals surface area contributed by atoms with Crippen molar-refractivity contribution < 1.29 is 14.5 Å². The minimum absolute atomic E-state index is 0.171. The lowest BCUT2D eigenvalue weighted by Crippen LogP contribution is -2.27. The molecule has 0 bridgehead atoms. The van der Waals surface area contributed by atoms with E-state index in [0.717, 1.165) is 12.8 Å². The van der Waals surface area contributed by atoms with Crippen LogP contribution >= 0.6 is 0 Å². The Bertz CT molecular complexity index is 996. The fourth-order valence-corrected chi connectivity index (χ4v) is 3.22. The van der Waals surface area contributed by atoms with E-state index in [-0.39, 0.29) is 29.6 Å². The van der Waals surface area contributed by atoms with Gasteiger partial charge in [0.1, 0.15) is 5.69 Å². The normalized spacial score (nSPS) is 18.6. The van der Waals surface area contributed by atoms with E-state index in [1.807, 2.05) is 0 Å². The molecule has 1 aromatic heterocycles. The monoisotopic (exact) mass is 383 g/mol. The van der Waals surface area contributed by atoms with Crippen LogP contribution in [-0.4, -0.2) is 27.3 Å². The second-order valence-electron chi connectivity index (χ2n) is 6.93. The van der Waals surface area contributed by atoms with Gasteiger partial charge in [-0.3, -0.25) is 14.9 Å². The first-order valence-corrected chi connectivity index (χ1v) is 9.05. The average molecular weight is 383 g/mol. The van der Waals surface area contributed by atoms with Gasteiger partial charge in [-0.2, -0.15) is 5.10 Å². The SMILES string of the molecule is Cc1cc(=O)c(C(=O)OCC2CC=CCC2C)nn1-c1ccccc1[N+](=O)[O-]. The highest BCUT2D eigenvalue weighted by Crippen LogP contribution is 2.25. The molecule has 2 aromatic rings. The highest BCUT2D eigenvalue weighted by Gasteiger charge is 2.24. The van der Waals surface area contributed by atoms with Crippen LogP contribution in [0.5, 0.6) is 0 Å². The maximum Gasteiger partial charge on any atom is 0.362 e. The number of nitro groups is 1. The second-order valence-corrected chi connectivity index (χ2v) is 6.93. The Morgan fingerprint density at radius 1 is 1.32 bits per heavy atom. The highest BCUT2D eigenvalue weighted by molar-refractivity contribution is 5.87. The molecule has 1 aromatic carbocycles. The Morgan fingerprint density at radius 3 is 2.75 bits per heavy atom. The summed E-state index contributed by atoms with van der Waals surface area (Å²) in [6.45, 7) is 3.88. The number of carbonyl (C=O) groups is 1. The molecule has 28 heavy (non-hydrogen) atoms. The number of benzene rings is 1. The summed E-state index contributed by atoms with van der Waals surface area (Å²) in [5.41, 5.74) is -0.590. The van der Waals surface area contributed by atoms with Crippen molar-refractivity contribution in [2.45, 2.75) is 26.7 Å². The molecule has 0 fully saturated rings. The molecule has 0 amide bonds. The Kier molecular flexibility index (Phi) is 5.67. The fraction of sp³-hybridized carbons (Fsp3) is 0.350. The Balaban J connectivity index is 1.90. The summed E-state index contributed by atoms with van der Waals surface area (Å²) in [4.78, 5) is 35.5. The highest BCUT2D eigenvalue weighted by atomic mass is 16.6. The molecule has 3 rings (SSSR count). The van der Waals surface area contributed by atoms with E-state index in [1.165, 1.54) is 28.9 Å². The molecular weight excluding hydrogens is 362 g/mol. The molecule has 0 aliphatic heterocycles. The number of aryl methyl sites for hydroxylation is 1. The van der Waals surface area contributed by atoms with Crippen LogP contribution in [0.1, 0.15) is 35.9 Å². The van der Waals surface area contributed by atoms with E-state index in [4.69, 9.17) is 4.74 Å². The van der Waals surface area contributed by atoms with Crippen molar-refractivity contribution in [1.82, 2.24) is 9.78 Å². The molecule has 0 N–H and O–H groups in total. The van der Waals surface area contributed by atoms with Gasteiger partial charge in [0, 0.05) is 17.8 Å². The van der Waals surface area contributed by atoms with E-state index in [9.17, 15) is 19.7 Å². The molecule has 2 unspecified atom stereocenters. The van der Waals surface area contributed by atoms with Crippen molar-refractivity contribution in [3.63, 3.8) is 0 Å². The third-order valence-corrected chi connectivity index (χ3v) is 4.95. The summed E-state index contributed by atoms with van der Waals surface area (Å²) < 4.78 is 6.57. The number of hydrogen-bond acceptors (Lipinski definition) is 6. The summed E-state index contributed by atoms with van der Waals surface area (Å²) in [5, 5.41) is 15.4. The fourth-order valence-electron chi connectivity index (χ4n) is 3.22. The van der Waals surface area contributed by atoms with Gasteiger partial charge in [0.15, 0.2) is 0 Å². The van der Waals surface area contributed by atoms with Gasteiger partial charge >= 0.3 is 5.97 Å². The molecule has 1 aliphatic rings. The molecule has 0 saturated carbocycles. The third kappa shape index (κ3) is 4.00. The minimum atomic E-state index is -0.820. The number of ether oxygens (including phenoxy) is 1. The number of carbonyl (C=O) groups excluding carboxylic acids is 1. The van der Waals surface area contributed by atoms with Crippen molar-refractivity contribution in [1.29, 1.82) is 0 Å². The topological polar surface area (TPSA) is 104 Å². The minimum Gasteiger partial charge on any atom is -0.460 e. The molecule has 0 radical (unpaired) electrons. The van der Waals surface area contributed by atoms with Crippen molar-refractivity contribution in [3.05, 3.63) is 74.2 Å². The van der Waals surface area contributed by atoms with E-state index in [1.54, 1.807) is 13.0 Å². The second kappa shape index (κ2) is 8.16. The average Bonchev–Trinajstić information content (AvgIpc) is 2.67. The molecule has 2 atom stereocenters. The van der Waals surface area contributed by atoms with Gasteiger partial charge in [0.05, 0.1) is 11.5 Å². The van der Waals surface area contributed by atoms with Gasteiger partial charge in [-0.15, -0.1) is 0 Å². The van der Waals surface area contributed by atoms with Gasteiger partial charge in [0.25, 0.3) is 5.69 Å². The quantitative estimate of drug-likeness (QED) is 0.340. The van der Waals surface area contributed by atoms with Crippen LogP contribution in [0, 0.1) is 28.9 Å². The van der Waals surface area contributed by atoms with Gasteiger partial charge < -0.3 is 4.74 Å². The van der Waals surface area contributed by atoms with E-state index in [2.05, 4.69) is 24.2 Å². The van der Waals surface area contributed by atoms with Gasteiger partial charge in [-0.25, -0.2) is 9.48 Å². The smallest absolute Gasteiger partial charge is 0.362 e. The predicted octanol–water partition coefficient (Wildman–Crippen LogP) is 3.21. The van der Waals surface area contributed by atoms with Crippen LogP contribution in [0.2, 0.25) is 0 Å². The molecule has 1 heterocycles. The third-order valence-electron chi connectivity index (χ3n) is 4.95. The summed E-state index contributed by atoms with van der Waals surface area (Å²) >= 11 is 0. The van der Waals surface area contributed by atoms with Crippen LogP contribution in [0.3, 0.4) is 0 Å². The first-order chi connectivity index (χ1) is 13.4. The molecular formula is C20H21N3O5. The molecule has 0 spiro atoms. The van der Waals surface area contributed by atoms with Crippen molar-refractivity contribution in [2.24, 2.45) is 11.8 Å². The largest absolute Gasteiger partial charge is 0.460 e. The molecule has 1 aliphatic carbocycles. The molecule has 146 valence electrons. The lowest BCUT2D eigenvalue weighted by atomic mass is 9.85. The van der Waals surface area contributed by atoms with Crippen LogP contribution in [-0.2, 0) is 4.74 Å². The number of allylic oxidation sites excluding steroid dienone is 2. The lowest BCUT2D eigenvalue weighted by molar-refractivity contribution is -0.384. The lowest BCUT2D eigenvalue weighted by Gasteiger charge is -2.24. The molecule has 8 nitrogen and oxygen atoms in total.